The molecule has 3 N–H and O–H groups in total. The highest BCUT2D eigenvalue weighted by atomic mass is 16.3. The van der Waals surface area contributed by atoms with E-state index in [-0.39, 0.29) is 12.6 Å². The largest absolute Gasteiger partial charge is 0.394 e. The summed E-state index contributed by atoms with van der Waals surface area (Å²) in [4.78, 5) is 2.35. The third-order valence-corrected chi connectivity index (χ3v) is 3.40. The molecule has 3 nitrogen and oxygen atoms in total. The highest BCUT2D eigenvalue weighted by Gasteiger charge is 2.21. The summed E-state index contributed by atoms with van der Waals surface area (Å²) >= 11 is 0. The molecule has 1 fully saturated rings. The van der Waals surface area contributed by atoms with Crippen LogP contribution in [0, 0.1) is 0 Å². The fraction of sp³-hybridized carbons (Fsp3) is 0.538. The predicted molar refractivity (Wildman–Crippen MR) is 65.3 cm³/mol. The van der Waals surface area contributed by atoms with Crippen LogP contribution in [0.15, 0.2) is 24.3 Å². The fourth-order valence-electron chi connectivity index (χ4n) is 2.36. The first kappa shape index (κ1) is 11.6. The number of hydrogen-bond acceptors (Lipinski definition) is 3. The summed E-state index contributed by atoms with van der Waals surface area (Å²) in [5.74, 6) is 0.621. The van der Waals surface area contributed by atoms with Crippen LogP contribution in [-0.2, 0) is 0 Å². The highest BCUT2D eigenvalue weighted by molar-refractivity contribution is 5.29. The minimum Gasteiger partial charge on any atom is -0.394 e. The van der Waals surface area contributed by atoms with Crippen LogP contribution < -0.4 is 5.73 Å². The molecular formula is C13H20N2O. The molecule has 1 aliphatic rings. The SMILES string of the molecule is CN1CCC(c2cccc(C(N)CO)c2)C1. The van der Waals surface area contributed by atoms with E-state index in [0.29, 0.717) is 5.92 Å². The summed E-state index contributed by atoms with van der Waals surface area (Å²) in [6.07, 6.45) is 1.22. The third-order valence-electron chi connectivity index (χ3n) is 3.40. The Morgan fingerprint density at radius 2 is 2.38 bits per heavy atom. The lowest BCUT2D eigenvalue weighted by Crippen LogP contribution is -2.15. The summed E-state index contributed by atoms with van der Waals surface area (Å²) in [6.45, 7) is 2.30. The van der Waals surface area contributed by atoms with Gasteiger partial charge in [0.2, 0.25) is 0 Å². The van der Waals surface area contributed by atoms with Gasteiger partial charge in [0.15, 0.2) is 0 Å². The van der Waals surface area contributed by atoms with E-state index < -0.39 is 0 Å². The van der Waals surface area contributed by atoms with Crippen LogP contribution in [0.25, 0.3) is 0 Å². The fourth-order valence-corrected chi connectivity index (χ4v) is 2.36. The van der Waals surface area contributed by atoms with E-state index in [1.165, 1.54) is 18.5 Å². The van der Waals surface area contributed by atoms with Crippen LogP contribution in [0.5, 0.6) is 0 Å². The molecule has 1 aromatic rings. The Morgan fingerprint density at radius 3 is 3.00 bits per heavy atom. The van der Waals surface area contributed by atoms with Gasteiger partial charge in [-0.25, -0.2) is 0 Å². The quantitative estimate of drug-likeness (QED) is 0.802. The van der Waals surface area contributed by atoms with Crippen LogP contribution >= 0.6 is 0 Å². The van der Waals surface area contributed by atoms with E-state index in [1.54, 1.807) is 0 Å². The average Bonchev–Trinajstić information content (AvgIpc) is 2.75. The molecule has 0 radical (unpaired) electrons. The summed E-state index contributed by atoms with van der Waals surface area (Å²) in [6, 6.07) is 8.09. The van der Waals surface area contributed by atoms with Gasteiger partial charge < -0.3 is 15.7 Å². The zero-order chi connectivity index (χ0) is 11.5. The summed E-state index contributed by atoms with van der Waals surface area (Å²) in [5, 5.41) is 9.05. The van der Waals surface area contributed by atoms with Gasteiger partial charge in [0, 0.05) is 6.54 Å². The molecule has 0 aliphatic carbocycles. The molecule has 0 bridgehead atoms. The lowest BCUT2D eigenvalue weighted by molar-refractivity contribution is 0.268. The predicted octanol–water partition coefficient (Wildman–Crippen LogP) is 1.10. The molecule has 2 rings (SSSR count). The van der Waals surface area contributed by atoms with E-state index in [1.807, 2.05) is 12.1 Å². The molecule has 2 atom stereocenters. The number of rotatable bonds is 3. The Balaban J connectivity index is 2.16. The van der Waals surface area contributed by atoms with Crippen LogP contribution in [0.3, 0.4) is 0 Å². The zero-order valence-electron chi connectivity index (χ0n) is 9.76. The van der Waals surface area contributed by atoms with Gasteiger partial charge in [-0.1, -0.05) is 24.3 Å². The number of hydrogen-bond donors (Lipinski definition) is 2. The smallest absolute Gasteiger partial charge is 0.0624 e. The van der Waals surface area contributed by atoms with E-state index >= 15 is 0 Å². The van der Waals surface area contributed by atoms with Crippen LogP contribution in [0.1, 0.15) is 29.5 Å². The molecule has 1 aliphatic heterocycles. The normalized spacial score (nSPS) is 23.6. The molecule has 0 saturated carbocycles. The molecule has 1 saturated heterocycles. The van der Waals surface area contributed by atoms with Crippen molar-refractivity contribution in [2.24, 2.45) is 5.73 Å². The maximum Gasteiger partial charge on any atom is 0.0624 e. The lowest BCUT2D eigenvalue weighted by Gasteiger charge is -2.14. The molecular weight excluding hydrogens is 200 g/mol. The number of aliphatic hydroxyl groups excluding tert-OH is 1. The first-order chi connectivity index (χ1) is 7.70. The first-order valence-corrected chi connectivity index (χ1v) is 5.85. The van der Waals surface area contributed by atoms with Crippen molar-refractivity contribution < 1.29 is 5.11 Å². The summed E-state index contributed by atoms with van der Waals surface area (Å²) < 4.78 is 0. The van der Waals surface area contributed by atoms with Crippen LogP contribution in [-0.4, -0.2) is 36.8 Å². The van der Waals surface area contributed by atoms with E-state index in [2.05, 4.69) is 24.1 Å². The molecule has 0 amide bonds. The molecule has 16 heavy (non-hydrogen) atoms. The minimum absolute atomic E-state index is 0.00796. The van der Waals surface area contributed by atoms with Crippen molar-refractivity contribution in [1.82, 2.24) is 4.90 Å². The molecule has 1 heterocycles. The Labute approximate surface area is 96.9 Å². The second kappa shape index (κ2) is 4.95. The highest BCUT2D eigenvalue weighted by Crippen LogP contribution is 2.27. The van der Waals surface area contributed by atoms with Crippen molar-refractivity contribution in [2.45, 2.75) is 18.4 Å². The van der Waals surface area contributed by atoms with E-state index in [0.717, 1.165) is 12.1 Å². The minimum atomic E-state index is -0.251. The summed E-state index contributed by atoms with van der Waals surface area (Å²) in [7, 11) is 2.16. The average molecular weight is 220 g/mol. The Bertz CT molecular complexity index is 354. The van der Waals surface area contributed by atoms with Gasteiger partial charge in [-0.2, -0.15) is 0 Å². The topological polar surface area (TPSA) is 49.5 Å². The van der Waals surface area contributed by atoms with Crippen molar-refractivity contribution in [1.29, 1.82) is 0 Å². The maximum atomic E-state index is 9.05. The number of aliphatic hydroxyl groups is 1. The number of nitrogens with two attached hydrogens (primary N) is 1. The van der Waals surface area contributed by atoms with Crippen molar-refractivity contribution in [3.63, 3.8) is 0 Å². The van der Waals surface area contributed by atoms with Crippen LogP contribution in [0.4, 0.5) is 0 Å². The van der Waals surface area contributed by atoms with E-state index in [4.69, 9.17) is 10.8 Å². The molecule has 88 valence electrons. The van der Waals surface area contributed by atoms with Gasteiger partial charge in [-0.3, -0.25) is 0 Å². The lowest BCUT2D eigenvalue weighted by atomic mass is 9.95. The van der Waals surface area contributed by atoms with Crippen molar-refractivity contribution >= 4 is 0 Å². The third kappa shape index (κ3) is 2.43. The monoisotopic (exact) mass is 220 g/mol. The Hall–Kier alpha value is -0.900. The number of nitrogens with zero attached hydrogens (tertiary/aromatic N) is 1. The van der Waals surface area contributed by atoms with Gasteiger partial charge in [-0.15, -0.1) is 0 Å². The van der Waals surface area contributed by atoms with E-state index in [9.17, 15) is 0 Å². The van der Waals surface area contributed by atoms with Gasteiger partial charge in [-0.05, 0) is 37.1 Å². The van der Waals surface area contributed by atoms with Gasteiger partial charge in [0.1, 0.15) is 0 Å². The summed E-state index contributed by atoms with van der Waals surface area (Å²) in [5.41, 5.74) is 8.22. The van der Waals surface area contributed by atoms with Crippen LogP contribution in [0.2, 0.25) is 0 Å². The molecule has 0 spiro atoms. The Kier molecular flexibility index (Phi) is 3.59. The second-order valence-electron chi connectivity index (χ2n) is 4.71. The van der Waals surface area contributed by atoms with Gasteiger partial charge >= 0.3 is 0 Å². The number of likely N-dealkylation sites (N-methyl/N-ethyl adjacent to an activating group) is 1. The van der Waals surface area contributed by atoms with Crippen molar-refractivity contribution in [3.05, 3.63) is 35.4 Å². The first-order valence-electron chi connectivity index (χ1n) is 5.85. The Morgan fingerprint density at radius 1 is 1.56 bits per heavy atom. The second-order valence-corrected chi connectivity index (χ2v) is 4.71. The maximum absolute atomic E-state index is 9.05. The number of likely N-dealkylation sites (tertiary alicyclic amines) is 1. The van der Waals surface area contributed by atoms with Gasteiger partial charge in [0.05, 0.1) is 12.6 Å². The molecule has 3 heteroatoms. The van der Waals surface area contributed by atoms with Gasteiger partial charge in [0.25, 0.3) is 0 Å². The molecule has 2 unspecified atom stereocenters. The van der Waals surface area contributed by atoms with Crippen molar-refractivity contribution in [3.8, 4) is 0 Å². The standard InChI is InChI=1S/C13H20N2O/c1-15-6-5-12(8-15)10-3-2-4-11(7-10)13(14)9-16/h2-4,7,12-13,16H,5-6,8-9,14H2,1H3. The molecule has 0 aromatic heterocycles. The molecule has 1 aromatic carbocycles. The number of benzene rings is 1. The van der Waals surface area contributed by atoms with Crippen molar-refractivity contribution in [2.75, 3.05) is 26.7 Å². The zero-order valence-corrected chi connectivity index (χ0v) is 9.76.